The molecule has 2 rings (SSSR count). The van der Waals surface area contributed by atoms with Crippen molar-refractivity contribution in [2.45, 2.75) is 18.9 Å². The first kappa shape index (κ1) is 12.1. The smallest absolute Gasteiger partial charge is 0.241 e. The Morgan fingerprint density at radius 3 is 2.62 bits per heavy atom. The van der Waals surface area contributed by atoms with Gasteiger partial charge in [0, 0.05) is 8.95 Å². The number of rotatable bonds is 2. The molecule has 0 unspecified atom stereocenters. The predicted molar refractivity (Wildman–Crippen MR) is 71.5 cm³/mol. The molecule has 0 aliphatic carbocycles. The zero-order valence-corrected chi connectivity index (χ0v) is 11.8. The fourth-order valence-corrected chi connectivity index (χ4v) is 2.93. The van der Waals surface area contributed by atoms with Crippen LogP contribution in [0.1, 0.15) is 12.8 Å². The van der Waals surface area contributed by atoms with Crippen molar-refractivity contribution in [3.8, 4) is 0 Å². The molecule has 1 aromatic carbocycles. The summed E-state index contributed by atoms with van der Waals surface area (Å²) in [7, 11) is 0. The van der Waals surface area contributed by atoms with Crippen LogP contribution in [0.2, 0.25) is 0 Å². The van der Waals surface area contributed by atoms with Gasteiger partial charge < -0.3 is 10.6 Å². The Balaban J connectivity index is 2.11. The first-order chi connectivity index (χ1) is 7.68. The highest BCUT2D eigenvalue weighted by molar-refractivity contribution is 9.11. The number of amides is 1. The van der Waals surface area contributed by atoms with Crippen LogP contribution < -0.4 is 10.6 Å². The lowest BCUT2D eigenvalue weighted by molar-refractivity contribution is -0.117. The number of hydrogen-bond donors (Lipinski definition) is 2. The Labute approximate surface area is 111 Å². The van der Waals surface area contributed by atoms with Gasteiger partial charge in [0.2, 0.25) is 5.91 Å². The third kappa shape index (κ3) is 2.64. The molecule has 2 N–H and O–H groups in total. The van der Waals surface area contributed by atoms with Crippen molar-refractivity contribution in [1.82, 2.24) is 5.32 Å². The molecule has 1 aliphatic rings. The fraction of sp³-hybridized carbons (Fsp3) is 0.364. The molecule has 1 amide bonds. The molecule has 3 nitrogen and oxygen atoms in total. The minimum atomic E-state index is -0.0565. The van der Waals surface area contributed by atoms with Gasteiger partial charge in [-0.25, -0.2) is 0 Å². The second-order valence-corrected chi connectivity index (χ2v) is 5.44. The third-order valence-corrected chi connectivity index (χ3v) is 3.91. The van der Waals surface area contributed by atoms with E-state index in [1.807, 2.05) is 18.2 Å². The van der Waals surface area contributed by atoms with Crippen molar-refractivity contribution < 1.29 is 4.79 Å². The van der Waals surface area contributed by atoms with E-state index in [2.05, 4.69) is 42.5 Å². The average molecular weight is 348 g/mol. The van der Waals surface area contributed by atoms with Gasteiger partial charge in [-0.15, -0.1) is 0 Å². The molecule has 1 atom stereocenters. The van der Waals surface area contributed by atoms with Crippen molar-refractivity contribution in [3.05, 3.63) is 27.1 Å². The van der Waals surface area contributed by atoms with E-state index in [9.17, 15) is 4.79 Å². The molecule has 86 valence electrons. The molecule has 1 heterocycles. The van der Waals surface area contributed by atoms with Gasteiger partial charge in [-0.05, 0) is 63.4 Å². The Morgan fingerprint density at radius 1 is 1.38 bits per heavy atom. The Bertz CT molecular complexity index is 383. The van der Waals surface area contributed by atoms with Crippen molar-refractivity contribution in [2.75, 3.05) is 11.9 Å². The largest absolute Gasteiger partial charge is 0.323 e. The van der Waals surface area contributed by atoms with Gasteiger partial charge in [0.1, 0.15) is 0 Å². The summed E-state index contributed by atoms with van der Waals surface area (Å²) in [6.45, 7) is 0.926. The van der Waals surface area contributed by atoms with Crippen LogP contribution >= 0.6 is 31.9 Å². The van der Waals surface area contributed by atoms with E-state index in [1.54, 1.807) is 0 Å². The molecule has 1 saturated heterocycles. The number of halogens is 2. The lowest BCUT2D eigenvalue weighted by Gasteiger charge is -2.13. The highest BCUT2D eigenvalue weighted by Crippen LogP contribution is 2.30. The van der Waals surface area contributed by atoms with E-state index in [0.717, 1.165) is 34.0 Å². The van der Waals surface area contributed by atoms with Crippen molar-refractivity contribution >= 4 is 43.5 Å². The lowest BCUT2D eigenvalue weighted by Crippen LogP contribution is -2.35. The molecule has 0 bridgehead atoms. The standard InChI is InChI=1S/C11H12Br2N2O/c12-7-3-1-4-8(13)10(7)15-11(16)9-5-2-6-14-9/h1,3-4,9,14H,2,5-6H2,(H,15,16)/t9-/m1/s1. The first-order valence-electron chi connectivity index (χ1n) is 5.17. The number of carbonyl (C=O) groups is 1. The Morgan fingerprint density at radius 2 is 2.06 bits per heavy atom. The van der Waals surface area contributed by atoms with Crippen LogP contribution in [0, 0.1) is 0 Å². The topological polar surface area (TPSA) is 41.1 Å². The number of hydrogen-bond acceptors (Lipinski definition) is 2. The van der Waals surface area contributed by atoms with E-state index in [4.69, 9.17) is 0 Å². The molecule has 1 aliphatic heterocycles. The Kier molecular flexibility index (Phi) is 4.00. The van der Waals surface area contributed by atoms with E-state index in [0.29, 0.717) is 0 Å². The summed E-state index contributed by atoms with van der Waals surface area (Å²) < 4.78 is 1.77. The van der Waals surface area contributed by atoms with Gasteiger partial charge in [-0.3, -0.25) is 4.79 Å². The lowest BCUT2D eigenvalue weighted by atomic mass is 10.2. The van der Waals surface area contributed by atoms with Crippen LogP contribution in [-0.2, 0) is 4.79 Å². The molecule has 0 spiro atoms. The molecule has 16 heavy (non-hydrogen) atoms. The molecular weight excluding hydrogens is 336 g/mol. The van der Waals surface area contributed by atoms with Crippen LogP contribution in [-0.4, -0.2) is 18.5 Å². The maximum absolute atomic E-state index is 11.9. The summed E-state index contributed by atoms with van der Waals surface area (Å²) in [5.41, 5.74) is 0.793. The normalized spacial score (nSPS) is 19.8. The summed E-state index contributed by atoms with van der Waals surface area (Å²) in [6.07, 6.45) is 1.98. The van der Waals surface area contributed by atoms with E-state index < -0.39 is 0 Å². The third-order valence-electron chi connectivity index (χ3n) is 2.59. The van der Waals surface area contributed by atoms with Crippen molar-refractivity contribution in [2.24, 2.45) is 0 Å². The summed E-state index contributed by atoms with van der Waals surface area (Å²) in [4.78, 5) is 11.9. The first-order valence-corrected chi connectivity index (χ1v) is 6.75. The molecule has 0 radical (unpaired) electrons. The van der Waals surface area contributed by atoms with Crippen LogP contribution in [0.4, 0.5) is 5.69 Å². The average Bonchev–Trinajstić information content (AvgIpc) is 2.76. The molecule has 5 heteroatoms. The van der Waals surface area contributed by atoms with Gasteiger partial charge >= 0.3 is 0 Å². The number of para-hydroxylation sites is 1. The van der Waals surface area contributed by atoms with Gasteiger partial charge in [-0.1, -0.05) is 6.07 Å². The maximum Gasteiger partial charge on any atom is 0.241 e. The molecular formula is C11H12Br2N2O. The van der Waals surface area contributed by atoms with Gasteiger partial charge in [0.15, 0.2) is 0 Å². The molecule has 1 aromatic rings. The highest BCUT2D eigenvalue weighted by atomic mass is 79.9. The zero-order valence-electron chi connectivity index (χ0n) is 8.59. The van der Waals surface area contributed by atoms with Crippen molar-refractivity contribution in [3.63, 3.8) is 0 Å². The minimum Gasteiger partial charge on any atom is -0.323 e. The zero-order chi connectivity index (χ0) is 11.5. The predicted octanol–water partition coefficient (Wildman–Crippen LogP) is 2.90. The molecule has 0 saturated carbocycles. The van der Waals surface area contributed by atoms with Gasteiger partial charge in [0.05, 0.1) is 11.7 Å². The highest BCUT2D eigenvalue weighted by Gasteiger charge is 2.22. The summed E-state index contributed by atoms with van der Waals surface area (Å²) in [5.74, 6) is 0.0325. The number of anilines is 1. The van der Waals surface area contributed by atoms with E-state index in [-0.39, 0.29) is 11.9 Å². The second kappa shape index (κ2) is 5.29. The van der Waals surface area contributed by atoms with Crippen LogP contribution in [0.3, 0.4) is 0 Å². The second-order valence-electron chi connectivity index (χ2n) is 3.73. The van der Waals surface area contributed by atoms with Crippen molar-refractivity contribution in [1.29, 1.82) is 0 Å². The summed E-state index contributed by atoms with van der Waals surface area (Å²) >= 11 is 6.84. The summed E-state index contributed by atoms with van der Waals surface area (Å²) in [6, 6.07) is 5.67. The van der Waals surface area contributed by atoms with Crippen LogP contribution in [0.25, 0.3) is 0 Å². The fourth-order valence-electron chi connectivity index (χ4n) is 1.74. The van der Waals surface area contributed by atoms with Crippen LogP contribution in [0.15, 0.2) is 27.1 Å². The van der Waals surface area contributed by atoms with Gasteiger partial charge in [0.25, 0.3) is 0 Å². The Hall–Kier alpha value is -0.390. The minimum absolute atomic E-state index is 0.0325. The monoisotopic (exact) mass is 346 g/mol. The molecule has 0 aromatic heterocycles. The maximum atomic E-state index is 11.9. The molecule has 1 fully saturated rings. The quantitative estimate of drug-likeness (QED) is 0.863. The van der Waals surface area contributed by atoms with E-state index >= 15 is 0 Å². The number of benzene rings is 1. The SMILES string of the molecule is O=C(Nc1c(Br)cccc1Br)[C@H]1CCCN1. The van der Waals surface area contributed by atoms with E-state index in [1.165, 1.54) is 0 Å². The van der Waals surface area contributed by atoms with Gasteiger partial charge in [-0.2, -0.15) is 0 Å². The van der Waals surface area contributed by atoms with Crippen LogP contribution in [0.5, 0.6) is 0 Å². The number of carbonyl (C=O) groups excluding carboxylic acids is 1. The summed E-state index contributed by atoms with van der Waals surface area (Å²) in [5, 5.41) is 6.10. The number of nitrogens with one attached hydrogen (secondary N) is 2.